The molecule has 2 N–H and O–H groups in total. The second-order valence-corrected chi connectivity index (χ2v) is 4.21. The predicted molar refractivity (Wildman–Crippen MR) is 69.5 cm³/mol. The lowest BCUT2D eigenvalue weighted by molar-refractivity contribution is 0.102. The molecule has 1 aromatic heterocycles. The molecule has 0 atom stereocenters. The smallest absolute Gasteiger partial charge is 0.258 e. The SMILES string of the molecule is O=C(Nc1cnccc1CO)c1ccc(Cl)cc1F. The molecule has 1 heterocycles. The molecular weight excluding hydrogens is 271 g/mol. The van der Waals surface area contributed by atoms with Crippen molar-refractivity contribution in [3.8, 4) is 0 Å². The zero-order valence-electron chi connectivity index (χ0n) is 9.73. The molecule has 0 saturated heterocycles. The molecule has 0 bridgehead atoms. The van der Waals surface area contributed by atoms with Crippen molar-refractivity contribution in [1.82, 2.24) is 4.98 Å². The van der Waals surface area contributed by atoms with E-state index in [1.54, 1.807) is 6.07 Å². The predicted octanol–water partition coefficient (Wildman–Crippen LogP) is 2.62. The zero-order valence-corrected chi connectivity index (χ0v) is 10.5. The van der Waals surface area contributed by atoms with Crippen molar-refractivity contribution in [3.05, 3.63) is 58.6 Å². The van der Waals surface area contributed by atoms with Crippen molar-refractivity contribution in [3.63, 3.8) is 0 Å². The molecule has 1 aromatic carbocycles. The lowest BCUT2D eigenvalue weighted by Crippen LogP contribution is -2.15. The molecule has 0 spiro atoms. The van der Waals surface area contributed by atoms with Gasteiger partial charge < -0.3 is 10.4 Å². The van der Waals surface area contributed by atoms with Crippen LogP contribution in [0.5, 0.6) is 0 Å². The number of hydrogen-bond acceptors (Lipinski definition) is 3. The lowest BCUT2D eigenvalue weighted by atomic mass is 10.2. The molecule has 98 valence electrons. The number of hydrogen-bond donors (Lipinski definition) is 2. The number of nitrogens with zero attached hydrogens (tertiary/aromatic N) is 1. The number of aliphatic hydroxyl groups excluding tert-OH is 1. The van der Waals surface area contributed by atoms with Gasteiger partial charge in [0.1, 0.15) is 5.82 Å². The van der Waals surface area contributed by atoms with E-state index in [9.17, 15) is 9.18 Å². The Labute approximate surface area is 113 Å². The Morgan fingerprint density at radius 1 is 1.42 bits per heavy atom. The summed E-state index contributed by atoms with van der Waals surface area (Å²) >= 11 is 5.61. The van der Waals surface area contributed by atoms with Gasteiger partial charge in [0.05, 0.1) is 24.1 Å². The molecule has 0 unspecified atom stereocenters. The highest BCUT2D eigenvalue weighted by Gasteiger charge is 2.13. The van der Waals surface area contributed by atoms with Crippen LogP contribution in [0.1, 0.15) is 15.9 Å². The fourth-order valence-corrected chi connectivity index (χ4v) is 1.70. The second-order valence-electron chi connectivity index (χ2n) is 3.77. The van der Waals surface area contributed by atoms with Crippen LogP contribution in [0.25, 0.3) is 0 Å². The molecule has 0 aliphatic heterocycles. The lowest BCUT2D eigenvalue weighted by Gasteiger charge is -2.09. The Kier molecular flexibility index (Phi) is 4.09. The summed E-state index contributed by atoms with van der Waals surface area (Å²) in [5.74, 6) is -1.34. The van der Waals surface area contributed by atoms with Crippen molar-refractivity contribution in [2.75, 3.05) is 5.32 Å². The fourth-order valence-electron chi connectivity index (χ4n) is 1.54. The molecule has 4 nitrogen and oxygen atoms in total. The average molecular weight is 281 g/mol. The normalized spacial score (nSPS) is 10.3. The minimum atomic E-state index is -0.709. The van der Waals surface area contributed by atoms with Crippen LogP contribution in [0.3, 0.4) is 0 Å². The van der Waals surface area contributed by atoms with Crippen LogP contribution in [-0.4, -0.2) is 16.0 Å². The molecule has 2 rings (SSSR count). The maximum absolute atomic E-state index is 13.6. The van der Waals surface area contributed by atoms with Gasteiger partial charge in [-0.3, -0.25) is 9.78 Å². The third-order valence-corrected chi connectivity index (χ3v) is 2.74. The van der Waals surface area contributed by atoms with Gasteiger partial charge in [0.25, 0.3) is 5.91 Å². The quantitative estimate of drug-likeness (QED) is 0.908. The number of carbonyl (C=O) groups is 1. The van der Waals surface area contributed by atoms with E-state index in [-0.39, 0.29) is 17.2 Å². The molecule has 0 fully saturated rings. The van der Waals surface area contributed by atoms with E-state index in [1.807, 2.05) is 0 Å². The molecule has 19 heavy (non-hydrogen) atoms. The van der Waals surface area contributed by atoms with Gasteiger partial charge in [-0.2, -0.15) is 0 Å². The van der Waals surface area contributed by atoms with Gasteiger partial charge in [-0.1, -0.05) is 11.6 Å². The van der Waals surface area contributed by atoms with Crippen LogP contribution in [0.2, 0.25) is 5.02 Å². The van der Waals surface area contributed by atoms with Crippen molar-refractivity contribution in [1.29, 1.82) is 0 Å². The fraction of sp³-hybridized carbons (Fsp3) is 0.0769. The van der Waals surface area contributed by atoms with Crippen LogP contribution in [0.15, 0.2) is 36.7 Å². The van der Waals surface area contributed by atoms with Gasteiger partial charge in [0.15, 0.2) is 0 Å². The largest absolute Gasteiger partial charge is 0.392 e. The summed E-state index contributed by atoms with van der Waals surface area (Å²) in [6, 6.07) is 5.35. The van der Waals surface area contributed by atoms with Crippen LogP contribution in [0.4, 0.5) is 10.1 Å². The van der Waals surface area contributed by atoms with Crippen LogP contribution < -0.4 is 5.32 Å². The van der Waals surface area contributed by atoms with Crippen molar-refractivity contribution in [2.45, 2.75) is 6.61 Å². The molecule has 6 heteroatoms. The maximum Gasteiger partial charge on any atom is 0.258 e. The van der Waals surface area contributed by atoms with E-state index in [0.29, 0.717) is 11.3 Å². The number of nitrogens with one attached hydrogen (secondary N) is 1. The van der Waals surface area contributed by atoms with Gasteiger partial charge in [0.2, 0.25) is 0 Å². The second kappa shape index (κ2) is 5.77. The van der Waals surface area contributed by atoms with Crippen molar-refractivity contribution < 1.29 is 14.3 Å². The van der Waals surface area contributed by atoms with Crippen molar-refractivity contribution >= 4 is 23.2 Å². The first-order chi connectivity index (χ1) is 9.11. The standard InChI is InChI=1S/C13H10ClFN2O2/c14-9-1-2-10(11(15)5-9)13(19)17-12-6-16-4-3-8(12)7-18/h1-6,18H,7H2,(H,17,19). The zero-order chi connectivity index (χ0) is 13.8. The van der Waals surface area contributed by atoms with Gasteiger partial charge in [0, 0.05) is 16.8 Å². The Bertz CT molecular complexity index is 619. The van der Waals surface area contributed by atoms with Gasteiger partial charge in [-0.15, -0.1) is 0 Å². The summed E-state index contributed by atoms with van der Waals surface area (Å²) in [6.45, 7) is -0.249. The summed E-state index contributed by atoms with van der Waals surface area (Å²) < 4.78 is 13.6. The van der Waals surface area contributed by atoms with E-state index in [1.165, 1.54) is 24.5 Å². The molecule has 2 aromatic rings. The molecule has 1 amide bonds. The Hall–Kier alpha value is -1.98. The van der Waals surface area contributed by atoms with E-state index in [4.69, 9.17) is 16.7 Å². The minimum absolute atomic E-state index is 0.128. The number of benzene rings is 1. The summed E-state index contributed by atoms with van der Waals surface area (Å²) in [5.41, 5.74) is 0.708. The van der Waals surface area contributed by atoms with E-state index in [0.717, 1.165) is 6.07 Å². The number of amides is 1. The van der Waals surface area contributed by atoms with Gasteiger partial charge in [-0.05, 0) is 24.3 Å². The number of carbonyl (C=O) groups excluding carboxylic acids is 1. The first-order valence-corrected chi connectivity index (χ1v) is 5.79. The van der Waals surface area contributed by atoms with Gasteiger partial charge >= 0.3 is 0 Å². The van der Waals surface area contributed by atoms with E-state index < -0.39 is 11.7 Å². The Morgan fingerprint density at radius 2 is 2.21 bits per heavy atom. The van der Waals surface area contributed by atoms with Crippen LogP contribution in [0, 0.1) is 5.82 Å². The molecular formula is C13H10ClFN2O2. The number of rotatable bonds is 3. The van der Waals surface area contributed by atoms with Crippen molar-refractivity contribution in [2.24, 2.45) is 0 Å². The molecule has 0 radical (unpaired) electrons. The highest BCUT2D eigenvalue weighted by molar-refractivity contribution is 6.30. The first kappa shape index (κ1) is 13.5. The molecule has 0 saturated carbocycles. The number of halogens is 2. The Morgan fingerprint density at radius 3 is 2.89 bits per heavy atom. The van der Waals surface area contributed by atoms with Crippen LogP contribution in [-0.2, 0) is 6.61 Å². The van der Waals surface area contributed by atoms with E-state index in [2.05, 4.69) is 10.3 Å². The summed E-state index contributed by atoms with van der Waals surface area (Å²) in [7, 11) is 0. The highest BCUT2D eigenvalue weighted by Crippen LogP contribution is 2.18. The number of aromatic nitrogens is 1. The number of aliphatic hydroxyl groups is 1. The van der Waals surface area contributed by atoms with E-state index >= 15 is 0 Å². The first-order valence-electron chi connectivity index (χ1n) is 5.42. The highest BCUT2D eigenvalue weighted by atomic mass is 35.5. The average Bonchev–Trinajstić information content (AvgIpc) is 2.39. The third kappa shape index (κ3) is 3.07. The molecule has 0 aliphatic rings. The third-order valence-electron chi connectivity index (χ3n) is 2.51. The summed E-state index contributed by atoms with van der Waals surface area (Å²) in [5, 5.41) is 11.8. The number of anilines is 1. The number of pyridine rings is 1. The minimum Gasteiger partial charge on any atom is -0.392 e. The Balaban J connectivity index is 2.26. The maximum atomic E-state index is 13.6. The topological polar surface area (TPSA) is 62.2 Å². The summed E-state index contributed by atoms with van der Waals surface area (Å²) in [4.78, 5) is 15.7. The molecule has 0 aliphatic carbocycles. The van der Waals surface area contributed by atoms with Crippen LogP contribution >= 0.6 is 11.6 Å². The van der Waals surface area contributed by atoms with Gasteiger partial charge in [-0.25, -0.2) is 4.39 Å². The summed E-state index contributed by atoms with van der Waals surface area (Å²) in [6.07, 6.45) is 2.88. The monoisotopic (exact) mass is 280 g/mol.